The van der Waals surface area contributed by atoms with E-state index in [1.54, 1.807) is 24.3 Å². The van der Waals surface area contributed by atoms with Crippen molar-refractivity contribution in [3.63, 3.8) is 0 Å². The quantitative estimate of drug-likeness (QED) is 0.812. The summed E-state index contributed by atoms with van der Waals surface area (Å²) in [6.07, 6.45) is 2.39. The molecule has 2 N–H and O–H groups in total. The van der Waals surface area contributed by atoms with E-state index in [0.717, 1.165) is 11.1 Å². The number of aromatic hydroxyl groups is 1. The number of aliphatic hydroxyl groups is 1. The van der Waals surface area contributed by atoms with Crippen LogP contribution in [-0.4, -0.2) is 22.6 Å². The number of hydrogen-bond acceptors (Lipinski definition) is 4. The van der Waals surface area contributed by atoms with Crippen LogP contribution < -0.4 is 0 Å². The molecule has 1 aliphatic heterocycles. The second-order valence-corrected chi connectivity index (χ2v) is 4.79. The van der Waals surface area contributed by atoms with Gasteiger partial charge in [-0.15, -0.1) is 0 Å². The van der Waals surface area contributed by atoms with Crippen molar-refractivity contribution in [3.8, 4) is 5.75 Å². The fourth-order valence-corrected chi connectivity index (χ4v) is 2.48. The normalized spacial score (nSPS) is 22.6. The molecule has 0 bridgehead atoms. The molecule has 0 saturated carbocycles. The van der Waals surface area contributed by atoms with Crippen LogP contribution in [-0.2, 0) is 9.53 Å². The average Bonchev–Trinajstić information content (AvgIpc) is 2.40. The predicted molar refractivity (Wildman–Crippen MR) is 68.8 cm³/mol. The highest BCUT2D eigenvalue weighted by atomic mass is 16.5. The fraction of sp³-hybridized carbons (Fsp3) is 0.267. The van der Waals surface area contributed by atoms with Gasteiger partial charge in [0, 0.05) is 18.1 Å². The van der Waals surface area contributed by atoms with Crippen LogP contribution in [0.1, 0.15) is 24.3 Å². The van der Waals surface area contributed by atoms with Gasteiger partial charge in [0.2, 0.25) is 0 Å². The number of carbonyl (C=O) groups is 1. The zero-order chi connectivity index (χ0) is 13.4. The van der Waals surface area contributed by atoms with Gasteiger partial charge >= 0.3 is 0 Å². The predicted octanol–water partition coefficient (Wildman–Crippen LogP) is 2.56. The van der Waals surface area contributed by atoms with E-state index in [1.165, 1.54) is 6.08 Å². The Bertz CT molecular complexity index is 581. The van der Waals surface area contributed by atoms with Crippen molar-refractivity contribution in [1.82, 2.24) is 0 Å². The van der Waals surface area contributed by atoms with E-state index in [4.69, 9.17) is 4.74 Å². The molecule has 0 radical (unpaired) electrons. The summed E-state index contributed by atoms with van der Waals surface area (Å²) >= 11 is 0. The number of benzene rings is 1. The number of fused-ring (bicyclic) bond motifs is 1. The zero-order valence-electron chi connectivity index (χ0n) is 10.3. The summed E-state index contributed by atoms with van der Waals surface area (Å²) in [6.45, 7) is 0.305. The van der Waals surface area contributed by atoms with Gasteiger partial charge in [-0.2, -0.15) is 0 Å². The van der Waals surface area contributed by atoms with Crippen LogP contribution in [0.5, 0.6) is 5.75 Å². The first-order valence-electron chi connectivity index (χ1n) is 6.24. The Hall–Kier alpha value is -2.23. The highest BCUT2D eigenvalue weighted by molar-refractivity contribution is 5.92. The number of phenolic OH excluding ortho intramolecular Hbond substituents is 1. The molecule has 19 heavy (non-hydrogen) atoms. The van der Waals surface area contributed by atoms with Gasteiger partial charge in [-0.1, -0.05) is 12.1 Å². The molecule has 0 saturated heterocycles. The van der Waals surface area contributed by atoms with E-state index in [-0.39, 0.29) is 23.2 Å². The Kier molecular flexibility index (Phi) is 2.78. The second-order valence-electron chi connectivity index (χ2n) is 4.79. The molecular weight excluding hydrogens is 244 g/mol. The number of carbonyl (C=O) groups excluding carboxylic acids is 1. The molecule has 0 fully saturated rings. The lowest BCUT2D eigenvalue weighted by molar-refractivity contribution is -0.115. The van der Waals surface area contributed by atoms with Crippen molar-refractivity contribution in [3.05, 3.63) is 53.0 Å². The molecule has 1 aromatic rings. The molecule has 0 amide bonds. The van der Waals surface area contributed by atoms with Crippen molar-refractivity contribution in [2.45, 2.75) is 18.8 Å². The Morgan fingerprint density at radius 3 is 2.58 bits per heavy atom. The minimum absolute atomic E-state index is 0.0367. The van der Waals surface area contributed by atoms with Gasteiger partial charge in [-0.25, -0.2) is 0 Å². The molecule has 1 aromatic carbocycles. The van der Waals surface area contributed by atoms with E-state index in [1.807, 2.05) is 0 Å². The van der Waals surface area contributed by atoms with Crippen LogP contribution >= 0.6 is 0 Å². The van der Waals surface area contributed by atoms with Crippen molar-refractivity contribution in [2.75, 3.05) is 6.61 Å². The summed E-state index contributed by atoms with van der Waals surface area (Å²) in [5.41, 5.74) is 1.61. The SMILES string of the molecule is O=C1C=C2OCC(c3ccc(O)cc3)C(O)=C2CC1. The molecule has 3 rings (SSSR count). The number of rotatable bonds is 1. The third-order valence-corrected chi connectivity index (χ3v) is 3.55. The Labute approximate surface area is 110 Å². The summed E-state index contributed by atoms with van der Waals surface area (Å²) < 4.78 is 5.58. The van der Waals surface area contributed by atoms with Crippen molar-refractivity contribution < 1.29 is 19.7 Å². The summed E-state index contributed by atoms with van der Waals surface area (Å²) in [6, 6.07) is 6.71. The smallest absolute Gasteiger partial charge is 0.159 e. The van der Waals surface area contributed by atoms with Crippen molar-refractivity contribution in [2.24, 2.45) is 0 Å². The van der Waals surface area contributed by atoms with E-state index in [2.05, 4.69) is 0 Å². The minimum atomic E-state index is -0.235. The number of ketones is 1. The van der Waals surface area contributed by atoms with E-state index in [0.29, 0.717) is 25.2 Å². The fourth-order valence-electron chi connectivity index (χ4n) is 2.48. The Morgan fingerprint density at radius 1 is 1.11 bits per heavy atom. The van der Waals surface area contributed by atoms with Gasteiger partial charge < -0.3 is 14.9 Å². The maximum Gasteiger partial charge on any atom is 0.159 e. The van der Waals surface area contributed by atoms with Crippen LogP contribution in [0.2, 0.25) is 0 Å². The van der Waals surface area contributed by atoms with Crippen molar-refractivity contribution >= 4 is 5.78 Å². The lowest BCUT2D eigenvalue weighted by Gasteiger charge is -2.29. The standard InChI is InChI=1S/C15H14O4/c16-10-3-1-9(2-4-10)13-8-19-14-7-11(17)5-6-12(14)15(13)18/h1-4,7,13,16,18H,5-6,8H2. The molecule has 4 heteroatoms. The van der Waals surface area contributed by atoms with Crippen molar-refractivity contribution in [1.29, 1.82) is 0 Å². The highest BCUT2D eigenvalue weighted by Crippen LogP contribution is 2.38. The summed E-state index contributed by atoms with van der Waals surface area (Å²) in [7, 11) is 0. The monoisotopic (exact) mass is 258 g/mol. The molecule has 1 unspecified atom stereocenters. The number of aliphatic hydroxyl groups excluding tert-OH is 1. The molecule has 1 aliphatic carbocycles. The first-order valence-corrected chi connectivity index (χ1v) is 6.24. The number of ether oxygens (including phenoxy) is 1. The molecular formula is C15H14O4. The van der Waals surface area contributed by atoms with Gasteiger partial charge in [0.25, 0.3) is 0 Å². The summed E-state index contributed by atoms with van der Waals surface area (Å²) in [4.78, 5) is 11.3. The van der Waals surface area contributed by atoms with Gasteiger partial charge in [0.1, 0.15) is 23.9 Å². The topological polar surface area (TPSA) is 66.8 Å². The largest absolute Gasteiger partial charge is 0.511 e. The third kappa shape index (κ3) is 2.10. The first-order chi connectivity index (χ1) is 9.15. The molecule has 0 aromatic heterocycles. The minimum Gasteiger partial charge on any atom is -0.511 e. The molecule has 1 atom stereocenters. The van der Waals surface area contributed by atoms with Crippen LogP contribution in [0.15, 0.2) is 47.4 Å². The Morgan fingerprint density at radius 2 is 1.84 bits per heavy atom. The van der Waals surface area contributed by atoms with Crippen LogP contribution in [0.3, 0.4) is 0 Å². The van der Waals surface area contributed by atoms with E-state index in [9.17, 15) is 15.0 Å². The van der Waals surface area contributed by atoms with Crippen LogP contribution in [0.4, 0.5) is 0 Å². The summed E-state index contributed by atoms with van der Waals surface area (Å²) in [5, 5.41) is 19.6. The maximum absolute atomic E-state index is 11.3. The molecule has 98 valence electrons. The third-order valence-electron chi connectivity index (χ3n) is 3.55. The van der Waals surface area contributed by atoms with Crippen LogP contribution in [0.25, 0.3) is 0 Å². The molecule has 1 heterocycles. The van der Waals surface area contributed by atoms with Gasteiger partial charge in [-0.05, 0) is 24.1 Å². The van der Waals surface area contributed by atoms with Gasteiger partial charge in [0.05, 0.1) is 5.92 Å². The van der Waals surface area contributed by atoms with E-state index < -0.39 is 0 Å². The maximum atomic E-state index is 11.3. The second kappa shape index (κ2) is 4.46. The number of hydrogen-bond donors (Lipinski definition) is 2. The molecule has 4 nitrogen and oxygen atoms in total. The lowest BCUT2D eigenvalue weighted by Crippen LogP contribution is -2.22. The lowest BCUT2D eigenvalue weighted by atomic mass is 9.88. The van der Waals surface area contributed by atoms with Gasteiger partial charge in [-0.3, -0.25) is 4.79 Å². The first kappa shape index (κ1) is 11.8. The van der Waals surface area contributed by atoms with Gasteiger partial charge in [0.15, 0.2) is 5.78 Å². The zero-order valence-corrected chi connectivity index (χ0v) is 10.3. The summed E-state index contributed by atoms with van der Waals surface area (Å²) in [5.74, 6) is 0.770. The molecule has 2 aliphatic rings. The van der Waals surface area contributed by atoms with E-state index >= 15 is 0 Å². The number of allylic oxidation sites excluding steroid dienone is 2. The molecule has 0 spiro atoms. The Balaban J connectivity index is 1.98. The number of phenols is 1. The van der Waals surface area contributed by atoms with Crippen LogP contribution in [0, 0.1) is 0 Å². The average molecular weight is 258 g/mol. The highest BCUT2D eigenvalue weighted by Gasteiger charge is 2.31.